The third kappa shape index (κ3) is 4.48. The predicted molar refractivity (Wildman–Crippen MR) is 74.3 cm³/mol. The lowest BCUT2D eigenvalue weighted by molar-refractivity contribution is -0.136. The average molecular weight is 312 g/mol. The van der Waals surface area contributed by atoms with Crippen molar-refractivity contribution in [3.63, 3.8) is 0 Å². The number of carbonyl (C=O) groups excluding carboxylic acids is 1. The normalized spacial score (nSPS) is 11.5. The van der Waals surface area contributed by atoms with Crippen LogP contribution in [-0.2, 0) is 11.0 Å². The number of carbonyl (C=O) groups is 1. The van der Waals surface area contributed by atoms with Crippen LogP contribution in [0.1, 0.15) is 12.5 Å². The first-order chi connectivity index (χ1) is 10.1. The molecule has 5 N–H and O–H groups in total. The van der Waals surface area contributed by atoms with Gasteiger partial charge in [0.2, 0.25) is 11.6 Å². The van der Waals surface area contributed by atoms with Gasteiger partial charge >= 0.3 is 6.18 Å². The zero-order valence-corrected chi connectivity index (χ0v) is 11.2. The van der Waals surface area contributed by atoms with Crippen molar-refractivity contribution < 1.29 is 18.0 Å². The number of amides is 1. The molecule has 0 saturated carbocycles. The van der Waals surface area contributed by atoms with Crippen LogP contribution < -0.4 is 16.5 Å². The van der Waals surface area contributed by atoms with Crippen molar-refractivity contribution in [1.29, 1.82) is 10.7 Å². The molecule has 0 fully saturated rings. The van der Waals surface area contributed by atoms with Crippen LogP contribution in [0.2, 0.25) is 0 Å². The van der Waals surface area contributed by atoms with Gasteiger partial charge in [0.05, 0.1) is 16.9 Å². The zero-order valence-electron chi connectivity index (χ0n) is 11.2. The van der Waals surface area contributed by atoms with Crippen molar-refractivity contribution in [3.8, 4) is 6.07 Å². The van der Waals surface area contributed by atoms with E-state index < -0.39 is 34.9 Å². The van der Waals surface area contributed by atoms with E-state index in [2.05, 4.69) is 15.8 Å². The molecule has 7 nitrogen and oxygen atoms in total. The largest absolute Gasteiger partial charge is 0.418 e. The molecule has 1 aromatic rings. The summed E-state index contributed by atoms with van der Waals surface area (Å²) in [6.07, 6.45) is -4.70. The number of nitrogens with two attached hydrogens (primary N) is 1. The lowest BCUT2D eigenvalue weighted by Crippen LogP contribution is -2.22. The van der Waals surface area contributed by atoms with Crippen molar-refractivity contribution in [2.24, 2.45) is 10.8 Å². The number of hydrazone groups is 1. The Kier molecular flexibility index (Phi) is 5.07. The molecule has 116 valence electrons. The van der Waals surface area contributed by atoms with Crippen LogP contribution in [0.25, 0.3) is 0 Å². The van der Waals surface area contributed by atoms with Gasteiger partial charge in [-0.25, -0.2) is 0 Å². The second kappa shape index (κ2) is 6.57. The summed E-state index contributed by atoms with van der Waals surface area (Å²) >= 11 is 0. The highest BCUT2D eigenvalue weighted by atomic mass is 19.4. The summed E-state index contributed by atoms with van der Waals surface area (Å²) in [7, 11) is 0. The Morgan fingerprint density at radius 2 is 2.09 bits per heavy atom. The summed E-state index contributed by atoms with van der Waals surface area (Å²) in [5, 5.41) is 21.2. The minimum atomic E-state index is -4.70. The molecule has 1 rings (SSSR count). The van der Waals surface area contributed by atoms with Gasteiger partial charge in [0.25, 0.3) is 0 Å². The molecule has 0 aliphatic rings. The second-order valence-electron chi connectivity index (χ2n) is 4.04. The molecule has 1 aromatic carbocycles. The van der Waals surface area contributed by atoms with E-state index in [1.807, 2.05) is 0 Å². The van der Waals surface area contributed by atoms with E-state index in [0.717, 1.165) is 13.0 Å². The van der Waals surface area contributed by atoms with Crippen LogP contribution in [0.15, 0.2) is 23.3 Å². The average Bonchev–Trinajstić information content (AvgIpc) is 2.38. The number of hydrogen-bond donors (Lipinski definition) is 4. The van der Waals surface area contributed by atoms with Gasteiger partial charge in [-0.05, 0) is 18.2 Å². The Morgan fingerprint density at radius 3 is 2.55 bits per heavy atom. The lowest BCUT2D eigenvalue weighted by atomic mass is 10.1. The number of halogens is 3. The molecule has 0 aliphatic carbocycles. The topological polar surface area (TPSA) is 127 Å². The van der Waals surface area contributed by atoms with Crippen LogP contribution >= 0.6 is 0 Å². The fourth-order valence-electron chi connectivity index (χ4n) is 1.41. The van der Waals surface area contributed by atoms with Crippen molar-refractivity contribution in [2.75, 3.05) is 10.7 Å². The molecular formula is C12H11F3N6O. The maximum atomic E-state index is 13.0. The monoisotopic (exact) mass is 312 g/mol. The van der Waals surface area contributed by atoms with Gasteiger partial charge in [-0.1, -0.05) is 0 Å². The molecule has 10 heteroatoms. The molecule has 0 aliphatic heterocycles. The van der Waals surface area contributed by atoms with E-state index >= 15 is 0 Å². The second-order valence-corrected chi connectivity index (χ2v) is 4.04. The lowest BCUT2D eigenvalue weighted by Gasteiger charge is -2.14. The number of nitrogens with zero attached hydrogens (tertiary/aromatic N) is 2. The number of nitrogens with one attached hydrogen (secondary N) is 3. The number of amidine groups is 1. The fourth-order valence-corrected chi connectivity index (χ4v) is 1.41. The van der Waals surface area contributed by atoms with Gasteiger partial charge in [-0.15, -0.1) is 0 Å². The summed E-state index contributed by atoms with van der Waals surface area (Å²) in [5.41, 5.74) is 5.21. The first-order valence-corrected chi connectivity index (χ1v) is 5.72. The summed E-state index contributed by atoms with van der Waals surface area (Å²) < 4.78 is 38.9. The Morgan fingerprint density at radius 1 is 1.45 bits per heavy atom. The molecule has 0 unspecified atom stereocenters. The molecule has 0 atom stereocenters. The first kappa shape index (κ1) is 17.0. The van der Waals surface area contributed by atoms with Gasteiger partial charge in [0.15, 0.2) is 5.84 Å². The van der Waals surface area contributed by atoms with Gasteiger partial charge in [-0.3, -0.25) is 15.6 Å². The van der Waals surface area contributed by atoms with E-state index in [1.165, 1.54) is 12.1 Å². The molecular weight excluding hydrogens is 301 g/mol. The standard InChI is InChI=1S/C12H11F3N6O/c1-6(22)19-9-3-2-7(4-8(9)12(13,14)15)20-21-10(5-16)11(17)18/h2-4,20H,1H3,(H3,17,18)(H,19,22)/b21-10+. The van der Waals surface area contributed by atoms with E-state index in [-0.39, 0.29) is 5.69 Å². The Hall–Kier alpha value is -3.09. The smallest absolute Gasteiger partial charge is 0.382 e. The van der Waals surface area contributed by atoms with Crippen LogP contribution in [0, 0.1) is 16.7 Å². The fraction of sp³-hybridized carbons (Fsp3) is 0.167. The van der Waals surface area contributed by atoms with Gasteiger partial charge in [-0.2, -0.15) is 23.5 Å². The Labute approximate surface area is 123 Å². The van der Waals surface area contributed by atoms with Crippen LogP contribution in [0.4, 0.5) is 24.5 Å². The summed E-state index contributed by atoms with van der Waals surface area (Å²) in [6, 6.07) is 4.49. The number of alkyl halides is 3. The molecule has 0 saturated heterocycles. The molecule has 1 amide bonds. The SMILES string of the molecule is CC(=O)Nc1ccc(N/N=C(\C#N)C(=N)N)cc1C(F)(F)F. The summed E-state index contributed by atoms with van der Waals surface area (Å²) in [5.74, 6) is -1.27. The Balaban J connectivity index is 3.18. The molecule has 0 bridgehead atoms. The molecule has 0 spiro atoms. The summed E-state index contributed by atoms with van der Waals surface area (Å²) in [6.45, 7) is 1.09. The number of hydrogen-bond acceptors (Lipinski definition) is 5. The highest BCUT2D eigenvalue weighted by Gasteiger charge is 2.34. The molecule has 0 radical (unpaired) electrons. The maximum absolute atomic E-state index is 13.0. The van der Waals surface area contributed by atoms with Gasteiger partial charge < -0.3 is 11.1 Å². The summed E-state index contributed by atoms with van der Waals surface area (Å²) in [4.78, 5) is 10.9. The van der Waals surface area contributed by atoms with Crippen molar-refractivity contribution in [2.45, 2.75) is 13.1 Å². The predicted octanol–water partition coefficient (Wildman–Crippen LogP) is 1.89. The van der Waals surface area contributed by atoms with Crippen molar-refractivity contribution in [1.82, 2.24) is 0 Å². The van der Waals surface area contributed by atoms with Gasteiger partial charge in [0, 0.05) is 6.92 Å². The third-order valence-corrected chi connectivity index (χ3v) is 2.29. The highest BCUT2D eigenvalue weighted by Crippen LogP contribution is 2.36. The number of benzene rings is 1. The van der Waals surface area contributed by atoms with E-state index in [9.17, 15) is 18.0 Å². The molecule has 22 heavy (non-hydrogen) atoms. The minimum Gasteiger partial charge on any atom is -0.382 e. The van der Waals surface area contributed by atoms with Gasteiger partial charge in [0.1, 0.15) is 6.07 Å². The number of nitriles is 1. The van der Waals surface area contributed by atoms with Crippen LogP contribution in [0.5, 0.6) is 0 Å². The maximum Gasteiger partial charge on any atom is 0.418 e. The molecule has 0 heterocycles. The molecule has 0 aromatic heterocycles. The van der Waals surface area contributed by atoms with E-state index in [0.29, 0.717) is 6.07 Å². The number of anilines is 2. The van der Waals surface area contributed by atoms with Crippen LogP contribution in [-0.4, -0.2) is 17.5 Å². The van der Waals surface area contributed by atoms with Crippen molar-refractivity contribution in [3.05, 3.63) is 23.8 Å². The zero-order chi connectivity index (χ0) is 16.9. The quantitative estimate of drug-likeness (QED) is 0.384. The van der Waals surface area contributed by atoms with Crippen molar-refractivity contribution >= 4 is 28.8 Å². The number of rotatable bonds is 4. The minimum absolute atomic E-state index is 0.0876. The Bertz CT molecular complexity index is 674. The van der Waals surface area contributed by atoms with Crippen LogP contribution in [0.3, 0.4) is 0 Å². The van der Waals surface area contributed by atoms with E-state index in [4.69, 9.17) is 16.4 Å². The first-order valence-electron chi connectivity index (χ1n) is 5.72. The third-order valence-electron chi connectivity index (χ3n) is 2.29. The highest BCUT2D eigenvalue weighted by molar-refractivity contribution is 6.45. The van der Waals surface area contributed by atoms with E-state index in [1.54, 1.807) is 0 Å².